The maximum Gasteiger partial charge on any atom is 0.332 e. The lowest BCUT2D eigenvalue weighted by atomic mass is 10.2. The van der Waals surface area contributed by atoms with Gasteiger partial charge < -0.3 is 18.9 Å². The molecule has 10 heteroatoms. The van der Waals surface area contributed by atoms with Gasteiger partial charge in [-0.25, -0.2) is 4.79 Å². The molecule has 1 aliphatic heterocycles. The highest BCUT2D eigenvalue weighted by molar-refractivity contribution is 6.30. The number of ether oxygens (including phenoxy) is 2. The van der Waals surface area contributed by atoms with Crippen molar-refractivity contribution in [3.05, 3.63) is 73.9 Å². The summed E-state index contributed by atoms with van der Waals surface area (Å²) in [6.45, 7) is 1.43. The van der Waals surface area contributed by atoms with Gasteiger partial charge in [-0.3, -0.25) is 13.9 Å². The first kappa shape index (κ1) is 22.1. The molecular weight excluding hydrogens is 458 g/mol. The Kier molecular flexibility index (Phi) is 5.57. The summed E-state index contributed by atoms with van der Waals surface area (Å²) in [6.07, 6.45) is 0.796. The SMILES string of the molecule is COc1ccc(N2CCCn3c2nc2c3c(=O)n(Cc3cccc(Cl)c3)c(=O)n2C)c(OC)c1. The smallest absolute Gasteiger partial charge is 0.332 e. The number of rotatable bonds is 5. The highest BCUT2D eigenvalue weighted by Crippen LogP contribution is 2.38. The molecule has 2 aromatic heterocycles. The standard InChI is InChI=1S/C24H24ClN5O4/c1-27-21-20(22(31)30(24(27)32)14-15-6-4-7-16(25)12-15)29-11-5-10-28(23(29)26-21)18-9-8-17(33-2)13-19(18)34-3/h4,6-9,12-13H,5,10-11,14H2,1-3H3. The van der Waals surface area contributed by atoms with E-state index in [1.807, 2.05) is 33.7 Å². The Hall–Kier alpha value is -3.72. The molecule has 0 bridgehead atoms. The lowest BCUT2D eigenvalue weighted by Gasteiger charge is -2.30. The van der Waals surface area contributed by atoms with E-state index < -0.39 is 5.69 Å². The Morgan fingerprint density at radius 3 is 2.62 bits per heavy atom. The van der Waals surface area contributed by atoms with Gasteiger partial charge in [0.1, 0.15) is 11.5 Å². The fourth-order valence-electron chi connectivity index (χ4n) is 4.46. The van der Waals surface area contributed by atoms with Gasteiger partial charge in [-0.15, -0.1) is 0 Å². The van der Waals surface area contributed by atoms with Crippen molar-refractivity contribution in [2.45, 2.75) is 19.5 Å². The van der Waals surface area contributed by atoms with Crippen LogP contribution < -0.4 is 25.6 Å². The molecule has 4 aromatic rings. The van der Waals surface area contributed by atoms with Crippen LogP contribution in [0.2, 0.25) is 5.02 Å². The third-order valence-electron chi connectivity index (χ3n) is 6.12. The number of nitrogens with zero attached hydrogens (tertiary/aromatic N) is 5. The lowest BCUT2D eigenvalue weighted by Crippen LogP contribution is -2.40. The van der Waals surface area contributed by atoms with Crippen LogP contribution in [0.3, 0.4) is 0 Å². The minimum absolute atomic E-state index is 0.124. The van der Waals surface area contributed by atoms with Crippen molar-refractivity contribution >= 4 is 34.4 Å². The Labute approximate surface area is 200 Å². The first-order chi connectivity index (χ1) is 16.4. The van der Waals surface area contributed by atoms with Crippen molar-refractivity contribution in [1.29, 1.82) is 0 Å². The molecule has 0 saturated heterocycles. The van der Waals surface area contributed by atoms with E-state index >= 15 is 0 Å². The Morgan fingerprint density at radius 1 is 1.06 bits per heavy atom. The van der Waals surface area contributed by atoms with Gasteiger partial charge in [0.15, 0.2) is 11.2 Å². The van der Waals surface area contributed by atoms with Gasteiger partial charge in [0, 0.05) is 31.2 Å². The van der Waals surface area contributed by atoms with Crippen molar-refractivity contribution < 1.29 is 9.47 Å². The largest absolute Gasteiger partial charge is 0.497 e. The summed E-state index contributed by atoms with van der Waals surface area (Å²) in [5, 5.41) is 0.550. The zero-order valence-electron chi connectivity index (χ0n) is 19.1. The molecule has 0 aliphatic carbocycles. The normalized spacial score (nSPS) is 13.2. The van der Waals surface area contributed by atoms with Crippen molar-refractivity contribution in [3.8, 4) is 11.5 Å². The molecule has 2 aromatic carbocycles. The van der Waals surface area contributed by atoms with Gasteiger partial charge in [0.25, 0.3) is 5.56 Å². The number of hydrogen-bond donors (Lipinski definition) is 0. The van der Waals surface area contributed by atoms with Crippen LogP contribution in [-0.2, 0) is 20.1 Å². The molecule has 0 radical (unpaired) electrons. The van der Waals surface area contributed by atoms with Gasteiger partial charge in [-0.2, -0.15) is 4.98 Å². The molecule has 9 nitrogen and oxygen atoms in total. The van der Waals surface area contributed by atoms with Crippen molar-refractivity contribution in [1.82, 2.24) is 18.7 Å². The topological polar surface area (TPSA) is 83.5 Å². The van der Waals surface area contributed by atoms with Gasteiger partial charge in [0.05, 0.1) is 26.5 Å². The average molecular weight is 482 g/mol. The molecule has 0 atom stereocenters. The predicted molar refractivity (Wildman–Crippen MR) is 131 cm³/mol. The second-order valence-corrected chi connectivity index (χ2v) is 8.58. The molecule has 176 valence electrons. The summed E-state index contributed by atoms with van der Waals surface area (Å²) in [5.41, 5.74) is 1.53. The first-order valence-electron chi connectivity index (χ1n) is 10.9. The molecule has 0 saturated carbocycles. The minimum atomic E-state index is -0.429. The number of benzene rings is 2. The molecule has 34 heavy (non-hydrogen) atoms. The van der Waals surface area contributed by atoms with Crippen LogP contribution >= 0.6 is 11.6 Å². The Bertz CT molecular complexity index is 1520. The van der Waals surface area contributed by atoms with Crippen LogP contribution in [0.5, 0.6) is 11.5 Å². The van der Waals surface area contributed by atoms with Crippen LogP contribution in [0.1, 0.15) is 12.0 Å². The van der Waals surface area contributed by atoms with Crippen molar-refractivity contribution in [2.75, 3.05) is 25.7 Å². The summed E-state index contributed by atoms with van der Waals surface area (Å²) in [6, 6.07) is 12.7. The van der Waals surface area contributed by atoms with E-state index in [1.54, 1.807) is 39.5 Å². The number of aromatic nitrogens is 4. The molecule has 1 aliphatic rings. The number of hydrogen-bond acceptors (Lipinski definition) is 6. The number of methoxy groups -OCH3 is 2. The van der Waals surface area contributed by atoms with E-state index in [2.05, 4.69) is 0 Å². The fraction of sp³-hybridized carbons (Fsp3) is 0.292. The van der Waals surface area contributed by atoms with E-state index in [9.17, 15) is 9.59 Å². The quantitative estimate of drug-likeness (QED) is 0.435. The zero-order valence-corrected chi connectivity index (χ0v) is 19.9. The van der Waals surface area contributed by atoms with Crippen molar-refractivity contribution in [3.63, 3.8) is 0 Å². The van der Waals surface area contributed by atoms with Gasteiger partial charge in [0.2, 0.25) is 5.95 Å². The Morgan fingerprint density at radius 2 is 1.88 bits per heavy atom. The van der Waals surface area contributed by atoms with E-state index in [0.717, 1.165) is 17.7 Å². The summed E-state index contributed by atoms with van der Waals surface area (Å²) < 4.78 is 15.5. The second kappa shape index (κ2) is 8.57. The molecule has 0 amide bonds. The van der Waals surface area contributed by atoms with Crippen LogP contribution in [0.15, 0.2) is 52.1 Å². The number of imidazole rings is 1. The highest BCUT2D eigenvalue weighted by atomic mass is 35.5. The van der Waals surface area contributed by atoms with Gasteiger partial charge >= 0.3 is 5.69 Å². The summed E-state index contributed by atoms with van der Waals surface area (Å²) in [7, 11) is 4.84. The third-order valence-corrected chi connectivity index (χ3v) is 6.36. The number of fused-ring (bicyclic) bond motifs is 3. The van der Waals surface area contributed by atoms with Gasteiger partial charge in [-0.05, 0) is 36.2 Å². The fourth-order valence-corrected chi connectivity index (χ4v) is 4.67. The molecule has 0 unspecified atom stereocenters. The lowest BCUT2D eigenvalue weighted by molar-refractivity contribution is 0.394. The van der Waals surface area contributed by atoms with E-state index in [0.29, 0.717) is 46.7 Å². The first-order valence-corrected chi connectivity index (χ1v) is 11.2. The van der Waals surface area contributed by atoms with Crippen molar-refractivity contribution in [2.24, 2.45) is 7.05 Å². The summed E-state index contributed by atoms with van der Waals surface area (Å²) in [4.78, 5) is 33.4. The number of aryl methyl sites for hydroxylation is 2. The third kappa shape index (κ3) is 3.52. The number of anilines is 2. The molecule has 5 rings (SSSR count). The monoisotopic (exact) mass is 481 g/mol. The van der Waals surface area contributed by atoms with E-state index in [-0.39, 0.29) is 12.1 Å². The average Bonchev–Trinajstić information content (AvgIpc) is 3.25. The van der Waals surface area contributed by atoms with E-state index in [1.165, 1.54) is 9.13 Å². The van der Waals surface area contributed by atoms with E-state index in [4.69, 9.17) is 26.1 Å². The number of halogens is 1. The van der Waals surface area contributed by atoms with Crippen LogP contribution in [0, 0.1) is 0 Å². The van der Waals surface area contributed by atoms with Crippen LogP contribution in [0.25, 0.3) is 11.2 Å². The Balaban J connectivity index is 1.69. The predicted octanol–water partition coefficient (Wildman–Crippen LogP) is 3.16. The zero-order chi connectivity index (χ0) is 24.0. The van der Waals surface area contributed by atoms with Crippen LogP contribution in [-0.4, -0.2) is 39.4 Å². The molecule has 3 heterocycles. The molecule has 0 spiro atoms. The molecule has 0 fully saturated rings. The van der Waals surface area contributed by atoms with Gasteiger partial charge in [-0.1, -0.05) is 23.7 Å². The second-order valence-electron chi connectivity index (χ2n) is 8.14. The molecule has 0 N–H and O–H groups in total. The minimum Gasteiger partial charge on any atom is -0.497 e. The maximum atomic E-state index is 13.6. The maximum absolute atomic E-state index is 13.6. The molecular formula is C24H24ClN5O4. The highest BCUT2D eigenvalue weighted by Gasteiger charge is 2.28. The van der Waals surface area contributed by atoms with Crippen LogP contribution in [0.4, 0.5) is 11.6 Å². The summed E-state index contributed by atoms with van der Waals surface area (Å²) >= 11 is 6.10. The summed E-state index contributed by atoms with van der Waals surface area (Å²) in [5.74, 6) is 1.90.